The number of carbonyl (C=O) groups is 2. The molecule has 1 aromatic carbocycles. The van der Waals surface area contributed by atoms with Crippen LogP contribution in [0.2, 0.25) is 0 Å². The Morgan fingerprint density at radius 3 is 2.75 bits per heavy atom. The third kappa shape index (κ3) is 3.40. The van der Waals surface area contributed by atoms with E-state index in [4.69, 9.17) is 0 Å². The van der Waals surface area contributed by atoms with Gasteiger partial charge in [-0.15, -0.1) is 0 Å². The zero-order valence-corrected chi connectivity index (χ0v) is 13.8. The summed E-state index contributed by atoms with van der Waals surface area (Å²) < 4.78 is 1.66. The smallest absolute Gasteiger partial charge is 0.322 e. The van der Waals surface area contributed by atoms with Crippen LogP contribution in [0.1, 0.15) is 23.7 Å². The van der Waals surface area contributed by atoms with E-state index in [2.05, 4.69) is 15.7 Å². The highest BCUT2D eigenvalue weighted by atomic mass is 16.2. The average molecular weight is 327 g/mol. The van der Waals surface area contributed by atoms with Gasteiger partial charge in [-0.3, -0.25) is 9.48 Å². The van der Waals surface area contributed by atoms with Crippen LogP contribution < -0.4 is 10.6 Å². The van der Waals surface area contributed by atoms with Gasteiger partial charge in [0.25, 0.3) is 0 Å². The van der Waals surface area contributed by atoms with Crippen molar-refractivity contribution >= 4 is 17.6 Å². The summed E-state index contributed by atoms with van der Waals surface area (Å²) in [6.45, 7) is 2.75. The molecule has 1 aliphatic rings. The first kappa shape index (κ1) is 16.0. The van der Waals surface area contributed by atoms with Crippen LogP contribution in [-0.4, -0.2) is 39.7 Å². The van der Waals surface area contributed by atoms with Crippen LogP contribution in [0.15, 0.2) is 36.5 Å². The summed E-state index contributed by atoms with van der Waals surface area (Å²) in [6, 6.07) is 9.13. The second-order valence-corrected chi connectivity index (χ2v) is 5.91. The Hall–Kier alpha value is -2.83. The van der Waals surface area contributed by atoms with Crippen LogP contribution in [0.4, 0.5) is 10.5 Å². The minimum atomic E-state index is -0.286. The van der Waals surface area contributed by atoms with Gasteiger partial charge in [0.2, 0.25) is 5.91 Å². The van der Waals surface area contributed by atoms with E-state index in [-0.39, 0.29) is 24.4 Å². The maximum absolute atomic E-state index is 12.8. The number of rotatable bonds is 2. The predicted molar refractivity (Wildman–Crippen MR) is 90.5 cm³/mol. The highest BCUT2D eigenvalue weighted by molar-refractivity contribution is 5.91. The Morgan fingerprint density at radius 2 is 2.08 bits per heavy atom. The van der Waals surface area contributed by atoms with Crippen molar-refractivity contribution in [3.8, 4) is 0 Å². The molecule has 0 aliphatic carbocycles. The molecule has 7 nitrogen and oxygen atoms in total. The van der Waals surface area contributed by atoms with E-state index in [1.54, 1.807) is 15.8 Å². The molecule has 3 rings (SSSR count). The molecule has 1 aromatic heterocycles. The molecule has 126 valence electrons. The van der Waals surface area contributed by atoms with E-state index in [1.807, 2.05) is 44.3 Å². The molecule has 1 aliphatic heterocycles. The Kier molecular flexibility index (Phi) is 4.50. The first-order chi connectivity index (χ1) is 11.5. The summed E-state index contributed by atoms with van der Waals surface area (Å²) in [5, 5.41) is 9.97. The topological polar surface area (TPSA) is 79.3 Å². The van der Waals surface area contributed by atoms with Crippen LogP contribution in [-0.2, 0) is 11.8 Å². The van der Waals surface area contributed by atoms with Crippen molar-refractivity contribution in [3.63, 3.8) is 0 Å². The number of anilines is 1. The van der Waals surface area contributed by atoms with Gasteiger partial charge >= 0.3 is 6.03 Å². The molecule has 3 amide bonds. The quantitative estimate of drug-likeness (QED) is 0.883. The number of hydrogen-bond donors (Lipinski definition) is 2. The van der Waals surface area contributed by atoms with Crippen molar-refractivity contribution in [3.05, 3.63) is 47.8 Å². The molecule has 2 aromatic rings. The lowest BCUT2D eigenvalue weighted by molar-refractivity contribution is -0.121. The first-order valence-electron chi connectivity index (χ1n) is 7.94. The molecule has 0 radical (unpaired) electrons. The Morgan fingerprint density at radius 1 is 1.33 bits per heavy atom. The molecule has 1 saturated heterocycles. The van der Waals surface area contributed by atoms with E-state index >= 15 is 0 Å². The second kappa shape index (κ2) is 6.74. The number of aryl methyl sites for hydroxylation is 2. The van der Waals surface area contributed by atoms with Gasteiger partial charge in [-0.25, -0.2) is 4.79 Å². The normalized spacial score (nSPS) is 18.0. The number of amides is 3. The van der Waals surface area contributed by atoms with Crippen LogP contribution in [0.5, 0.6) is 0 Å². The fourth-order valence-corrected chi connectivity index (χ4v) is 2.95. The van der Waals surface area contributed by atoms with Gasteiger partial charge < -0.3 is 15.5 Å². The highest BCUT2D eigenvalue weighted by Gasteiger charge is 2.30. The second-order valence-electron chi connectivity index (χ2n) is 5.91. The fraction of sp³-hybridized carbons (Fsp3) is 0.353. The number of aromatic nitrogens is 2. The Labute approximate surface area is 140 Å². The third-order valence-electron chi connectivity index (χ3n) is 4.13. The lowest BCUT2D eigenvalue weighted by atomic mass is 10.0. The van der Waals surface area contributed by atoms with Gasteiger partial charge in [0.05, 0.1) is 23.8 Å². The number of carbonyl (C=O) groups excluding carboxylic acids is 2. The molecule has 0 bridgehead atoms. The van der Waals surface area contributed by atoms with Gasteiger partial charge in [-0.1, -0.05) is 30.3 Å². The van der Waals surface area contributed by atoms with Gasteiger partial charge in [-0.2, -0.15) is 5.10 Å². The van der Waals surface area contributed by atoms with Crippen LogP contribution >= 0.6 is 0 Å². The molecule has 24 heavy (non-hydrogen) atoms. The van der Waals surface area contributed by atoms with Crippen molar-refractivity contribution in [1.29, 1.82) is 0 Å². The molecular formula is C17H21N5O2. The number of nitrogens with one attached hydrogen (secondary N) is 2. The van der Waals surface area contributed by atoms with Crippen LogP contribution in [0, 0.1) is 6.92 Å². The van der Waals surface area contributed by atoms with E-state index in [9.17, 15) is 9.59 Å². The van der Waals surface area contributed by atoms with Crippen LogP contribution in [0.3, 0.4) is 0 Å². The molecule has 1 fully saturated rings. The third-order valence-corrected chi connectivity index (χ3v) is 4.13. The Balaban J connectivity index is 1.85. The minimum absolute atomic E-state index is 0.0447. The maximum atomic E-state index is 12.8. The van der Waals surface area contributed by atoms with Crippen molar-refractivity contribution in [2.75, 3.05) is 18.4 Å². The lowest BCUT2D eigenvalue weighted by Gasteiger charge is -2.29. The van der Waals surface area contributed by atoms with E-state index in [0.29, 0.717) is 18.8 Å². The largest absolute Gasteiger partial charge is 0.354 e. The number of nitrogens with zero attached hydrogens (tertiary/aromatic N) is 3. The summed E-state index contributed by atoms with van der Waals surface area (Å²) in [4.78, 5) is 26.5. The predicted octanol–water partition coefficient (Wildman–Crippen LogP) is 1.82. The van der Waals surface area contributed by atoms with E-state index in [0.717, 1.165) is 11.3 Å². The molecule has 2 N–H and O–H groups in total. The van der Waals surface area contributed by atoms with Gasteiger partial charge in [-0.05, 0) is 12.5 Å². The molecule has 1 atom stereocenters. The number of urea groups is 1. The number of benzene rings is 1. The summed E-state index contributed by atoms with van der Waals surface area (Å²) >= 11 is 0. The SMILES string of the molecule is Cc1nn(C)cc1NC(=O)N1CCNC(=O)C[C@H]1c1ccccc1. The lowest BCUT2D eigenvalue weighted by Crippen LogP contribution is -2.39. The highest BCUT2D eigenvalue weighted by Crippen LogP contribution is 2.26. The summed E-state index contributed by atoms with van der Waals surface area (Å²) in [6.07, 6.45) is 2.02. The minimum Gasteiger partial charge on any atom is -0.354 e. The van der Waals surface area contributed by atoms with E-state index in [1.165, 1.54) is 0 Å². The standard InChI is InChI=1S/C17H21N5O2/c1-12-14(11-21(2)20-12)19-17(24)22-9-8-18-16(23)10-15(22)13-6-4-3-5-7-13/h3-7,11,15H,8-10H2,1-2H3,(H,18,23)(H,19,24)/t15-/m0/s1. The number of hydrogen-bond acceptors (Lipinski definition) is 3. The molecule has 0 unspecified atom stereocenters. The van der Waals surface area contributed by atoms with E-state index < -0.39 is 0 Å². The van der Waals surface area contributed by atoms with Gasteiger partial charge in [0, 0.05) is 26.3 Å². The maximum Gasteiger partial charge on any atom is 0.322 e. The monoisotopic (exact) mass is 327 g/mol. The van der Waals surface area contributed by atoms with Crippen molar-refractivity contribution in [1.82, 2.24) is 20.0 Å². The summed E-state index contributed by atoms with van der Waals surface area (Å²) in [5.41, 5.74) is 2.39. The Bertz CT molecular complexity index is 741. The zero-order chi connectivity index (χ0) is 17.1. The van der Waals surface area contributed by atoms with Crippen molar-refractivity contribution in [2.45, 2.75) is 19.4 Å². The molecule has 2 heterocycles. The average Bonchev–Trinajstić information content (AvgIpc) is 2.76. The van der Waals surface area contributed by atoms with Crippen LogP contribution in [0.25, 0.3) is 0 Å². The zero-order valence-electron chi connectivity index (χ0n) is 13.8. The molecular weight excluding hydrogens is 306 g/mol. The summed E-state index contributed by atoms with van der Waals surface area (Å²) in [5.74, 6) is -0.0447. The summed E-state index contributed by atoms with van der Waals surface area (Å²) in [7, 11) is 1.81. The molecule has 7 heteroatoms. The first-order valence-corrected chi connectivity index (χ1v) is 7.94. The molecule has 0 spiro atoms. The van der Waals surface area contributed by atoms with Crippen molar-refractivity contribution in [2.24, 2.45) is 7.05 Å². The fourth-order valence-electron chi connectivity index (χ4n) is 2.95. The molecule has 0 saturated carbocycles. The van der Waals surface area contributed by atoms with Gasteiger partial charge in [0.15, 0.2) is 0 Å². The van der Waals surface area contributed by atoms with Gasteiger partial charge in [0.1, 0.15) is 0 Å². The van der Waals surface area contributed by atoms with Crippen molar-refractivity contribution < 1.29 is 9.59 Å².